The van der Waals surface area contributed by atoms with E-state index in [1.165, 1.54) is 0 Å². The van der Waals surface area contributed by atoms with E-state index in [-0.39, 0.29) is 0 Å². The van der Waals surface area contributed by atoms with Crippen molar-refractivity contribution in [3.63, 3.8) is 0 Å². The van der Waals surface area contributed by atoms with Crippen molar-refractivity contribution >= 4 is 22.8 Å². The highest BCUT2D eigenvalue weighted by atomic mass is 16.5. The first-order valence-electron chi connectivity index (χ1n) is 11.6. The van der Waals surface area contributed by atoms with Crippen LogP contribution in [0.25, 0.3) is 28.2 Å². The topological polar surface area (TPSA) is 93.9 Å². The Hall–Kier alpha value is -4.37. The predicted octanol–water partition coefficient (Wildman–Crippen LogP) is 3.72. The largest absolute Gasteiger partial charge is 0.378 e. The smallest absolute Gasteiger partial charge is 0.170 e. The predicted molar refractivity (Wildman–Crippen MR) is 134 cm³/mol. The Labute approximate surface area is 202 Å². The number of benzene rings is 1. The van der Waals surface area contributed by atoms with Crippen molar-refractivity contribution in [2.45, 2.75) is 6.54 Å². The Bertz CT molecular complexity index is 1420. The molecule has 4 aromatic heterocycles. The lowest BCUT2D eigenvalue weighted by Gasteiger charge is -2.27. The molecular weight excluding hydrogens is 440 g/mol. The minimum absolute atomic E-state index is 0.575. The van der Waals surface area contributed by atoms with Gasteiger partial charge in [-0.05, 0) is 35.9 Å². The highest BCUT2D eigenvalue weighted by molar-refractivity contribution is 5.86. The molecule has 0 radical (unpaired) electrons. The molecule has 5 aromatic rings. The molecule has 1 saturated heterocycles. The van der Waals surface area contributed by atoms with Crippen LogP contribution in [0.4, 0.5) is 11.6 Å². The van der Waals surface area contributed by atoms with E-state index >= 15 is 0 Å². The zero-order valence-electron chi connectivity index (χ0n) is 19.1. The number of hydrogen-bond donors (Lipinski definition) is 1. The normalized spacial score (nSPS) is 13.8. The summed E-state index contributed by atoms with van der Waals surface area (Å²) in [6, 6.07) is 18.0. The van der Waals surface area contributed by atoms with E-state index in [1.54, 1.807) is 12.5 Å². The van der Waals surface area contributed by atoms with Gasteiger partial charge in [-0.25, -0.2) is 19.9 Å². The average molecular weight is 465 g/mol. The fraction of sp³-hybridized carbons (Fsp3) is 0.192. The van der Waals surface area contributed by atoms with Crippen LogP contribution in [-0.4, -0.2) is 55.8 Å². The van der Waals surface area contributed by atoms with Crippen LogP contribution in [0.5, 0.6) is 0 Å². The Morgan fingerprint density at radius 3 is 2.54 bits per heavy atom. The van der Waals surface area contributed by atoms with Gasteiger partial charge in [0.1, 0.15) is 12.1 Å². The molecule has 35 heavy (non-hydrogen) atoms. The third-order valence-electron chi connectivity index (χ3n) is 5.95. The number of hydrogen-bond acceptors (Lipinski definition) is 8. The van der Waals surface area contributed by atoms with Gasteiger partial charge in [0, 0.05) is 49.5 Å². The second-order valence-electron chi connectivity index (χ2n) is 8.24. The van der Waals surface area contributed by atoms with Crippen LogP contribution >= 0.6 is 0 Å². The summed E-state index contributed by atoms with van der Waals surface area (Å²) in [6.45, 7) is 3.70. The number of rotatable bonds is 6. The number of para-hydroxylation sites is 1. The Kier molecular flexibility index (Phi) is 5.73. The summed E-state index contributed by atoms with van der Waals surface area (Å²) in [4.78, 5) is 25.5. The van der Waals surface area contributed by atoms with E-state index in [2.05, 4.69) is 25.2 Å². The zero-order chi connectivity index (χ0) is 23.5. The molecule has 0 spiro atoms. The van der Waals surface area contributed by atoms with Crippen LogP contribution in [0.3, 0.4) is 0 Å². The lowest BCUT2D eigenvalue weighted by atomic mass is 10.2. The van der Waals surface area contributed by atoms with E-state index in [4.69, 9.17) is 14.7 Å². The van der Waals surface area contributed by atoms with Crippen LogP contribution in [0.1, 0.15) is 5.56 Å². The van der Waals surface area contributed by atoms with Crippen molar-refractivity contribution < 1.29 is 4.74 Å². The monoisotopic (exact) mass is 464 g/mol. The van der Waals surface area contributed by atoms with E-state index in [1.807, 2.05) is 71.6 Å². The van der Waals surface area contributed by atoms with Crippen molar-refractivity contribution in [2.24, 2.45) is 0 Å². The lowest BCUT2D eigenvalue weighted by Crippen LogP contribution is -2.36. The maximum Gasteiger partial charge on any atom is 0.170 e. The molecule has 1 fully saturated rings. The van der Waals surface area contributed by atoms with Crippen molar-refractivity contribution in [2.75, 3.05) is 36.5 Å². The molecule has 174 valence electrons. The molecule has 1 aliphatic rings. The van der Waals surface area contributed by atoms with Gasteiger partial charge in [-0.1, -0.05) is 24.3 Å². The summed E-state index contributed by atoms with van der Waals surface area (Å²) in [5, 5.41) is 3.43. The third-order valence-corrected chi connectivity index (χ3v) is 5.95. The molecule has 9 heteroatoms. The quantitative estimate of drug-likeness (QED) is 0.406. The van der Waals surface area contributed by atoms with Crippen LogP contribution < -0.4 is 10.2 Å². The van der Waals surface area contributed by atoms with Gasteiger partial charge < -0.3 is 15.0 Å². The molecule has 0 amide bonds. The summed E-state index contributed by atoms with van der Waals surface area (Å²) in [5.74, 6) is 2.19. The first-order chi connectivity index (χ1) is 17.3. The Morgan fingerprint density at radius 1 is 0.886 bits per heavy atom. The second-order valence-corrected chi connectivity index (χ2v) is 8.24. The molecular formula is C26H24N8O. The van der Waals surface area contributed by atoms with E-state index in [0.29, 0.717) is 23.7 Å². The van der Waals surface area contributed by atoms with Crippen molar-refractivity contribution in [1.82, 2.24) is 29.5 Å². The fourth-order valence-corrected chi connectivity index (χ4v) is 4.12. The number of fused-ring (bicyclic) bond motifs is 1. The summed E-state index contributed by atoms with van der Waals surface area (Å²) in [5.41, 5.74) is 4.32. The first kappa shape index (κ1) is 21.2. The summed E-state index contributed by atoms with van der Waals surface area (Å²) in [6.07, 6.45) is 7.22. The molecule has 0 bridgehead atoms. The summed E-state index contributed by atoms with van der Waals surface area (Å²) in [7, 11) is 0. The standard InChI is InChI=1S/C26H24N8O/c1-2-6-21(7-3-1)34-18-30-23-25(29-16-19-5-4-10-27-15-19)31-24(32-26(23)34)20-8-9-22(28-17-20)33-11-13-35-14-12-33/h1-10,15,17-18H,11-14,16H2,(H,29,31,32). The van der Waals surface area contributed by atoms with E-state index < -0.39 is 0 Å². The number of morpholine rings is 1. The van der Waals surface area contributed by atoms with Crippen LogP contribution in [0.2, 0.25) is 0 Å². The van der Waals surface area contributed by atoms with Crippen molar-refractivity contribution in [3.8, 4) is 17.1 Å². The van der Waals surface area contributed by atoms with Crippen LogP contribution in [0, 0.1) is 0 Å². The molecule has 9 nitrogen and oxygen atoms in total. The number of nitrogens with one attached hydrogen (secondary N) is 1. The maximum atomic E-state index is 5.45. The highest BCUT2D eigenvalue weighted by Crippen LogP contribution is 2.27. The first-order valence-corrected chi connectivity index (χ1v) is 11.6. The average Bonchev–Trinajstić information content (AvgIpc) is 3.38. The van der Waals surface area contributed by atoms with Gasteiger partial charge in [0.25, 0.3) is 0 Å². The van der Waals surface area contributed by atoms with Gasteiger partial charge in [0.05, 0.1) is 13.2 Å². The highest BCUT2D eigenvalue weighted by Gasteiger charge is 2.17. The Balaban J connectivity index is 1.39. The molecule has 0 unspecified atom stereocenters. The molecule has 0 atom stereocenters. The lowest BCUT2D eigenvalue weighted by molar-refractivity contribution is 0.122. The third kappa shape index (κ3) is 4.41. The van der Waals surface area contributed by atoms with Crippen LogP contribution in [0.15, 0.2) is 79.5 Å². The van der Waals surface area contributed by atoms with Gasteiger partial charge in [-0.2, -0.15) is 0 Å². The van der Waals surface area contributed by atoms with Gasteiger partial charge in [-0.3, -0.25) is 9.55 Å². The zero-order valence-corrected chi connectivity index (χ0v) is 19.1. The number of nitrogens with zero attached hydrogens (tertiary/aromatic N) is 7. The molecule has 6 rings (SSSR count). The maximum absolute atomic E-state index is 5.45. The summed E-state index contributed by atoms with van der Waals surface area (Å²) >= 11 is 0. The van der Waals surface area contributed by atoms with E-state index in [9.17, 15) is 0 Å². The number of ether oxygens (including phenoxy) is 1. The fourth-order valence-electron chi connectivity index (χ4n) is 4.12. The molecule has 0 aliphatic carbocycles. The minimum atomic E-state index is 0.575. The molecule has 5 heterocycles. The van der Waals surface area contributed by atoms with Gasteiger partial charge in [-0.15, -0.1) is 0 Å². The number of imidazole rings is 1. The van der Waals surface area contributed by atoms with Crippen molar-refractivity contribution in [1.29, 1.82) is 0 Å². The number of anilines is 2. The molecule has 1 aromatic carbocycles. The molecule has 0 saturated carbocycles. The van der Waals surface area contributed by atoms with Crippen molar-refractivity contribution in [3.05, 3.63) is 85.1 Å². The second kappa shape index (κ2) is 9.47. The summed E-state index contributed by atoms with van der Waals surface area (Å²) < 4.78 is 7.43. The van der Waals surface area contributed by atoms with Gasteiger partial charge >= 0.3 is 0 Å². The minimum Gasteiger partial charge on any atom is -0.378 e. The van der Waals surface area contributed by atoms with E-state index in [0.717, 1.165) is 54.6 Å². The van der Waals surface area contributed by atoms with Gasteiger partial charge in [0.2, 0.25) is 0 Å². The number of pyridine rings is 2. The van der Waals surface area contributed by atoms with Gasteiger partial charge in [0.15, 0.2) is 22.8 Å². The number of aromatic nitrogens is 6. The Morgan fingerprint density at radius 2 is 1.77 bits per heavy atom. The van der Waals surface area contributed by atoms with Crippen LogP contribution in [-0.2, 0) is 11.3 Å². The molecule has 1 aliphatic heterocycles. The molecule has 1 N–H and O–H groups in total. The SMILES string of the molecule is c1ccc(-n2cnc3c(NCc4cccnc4)nc(-c4ccc(N5CCOCC5)nc4)nc32)cc1.